The van der Waals surface area contributed by atoms with Gasteiger partial charge in [0.05, 0.1) is 5.75 Å². The molecular formula is C14H19N3OS. The van der Waals surface area contributed by atoms with Gasteiger partial charge >= 0.3 is 0 Å². The molecule has 0 amide bonds. The van der Waals surface area contributed by atoms with Gasteiger partial charge in [0, 0.05) is 11.6 Å². The van der Waals surface area contributed by atoms with Gasteiger partial charge in [0.15, 0.2) is 0 Å². The molecule has 1 heterocycles. The number of aryl methyl sites for hydroxylation is 1. The van der Waals surface area contributed by atoms with Crippen molar-refractivity contribution in [3.05, 3.63) is 35.7 Å². The molecule has 1 atom stereocenters. The predicted molar refractivity (Wildman–Crippen MR) is 78.9 cm³/mol. The summed E-state index contributed by atoms with van der Waals surface area (Å²) >= 11 is 1.77. The molecule has 5 heteroatoms. The number of thioether (sulfide) groups is 1. The number of hydrogen-bond acceptors (Lipinski definition) is 5. The lowest BCUT2D eigenvalue weighted by atomic mass is 10.1. The Labute approximate surface area is 117 Å². The zero-order valence-corrected chi connectivity index (χ0v) is 12.1. The van der Waals surface area contributed by atoms with E-state index in [1.54, 1.807) is 11.8 Å². The summed E-state index contributed by atoms with van der Waals surface area (Å²) in [7, 11) is 0. The first-order valence-corrected chi connectivity index (χ1v) is 7.53. The highest BCUT2D eigenvalue weighted by Gasteiger charge is 2.08. The Morgan fingerprint density at radius 3 is 2.68 bits per heavy atom. The maximum absolute atomic E-state index is 5.70. The van der Waals surface area contributed by atoms with Crippen molar-refractivity contribution in [2.75, 3.05) is 5.75 Å². The number of nitrogens with zero attached hydrogens (tertiary/aromatic N) is 2. The second kappa shape index (κ2) is 6.73. The number of benzene rings is 1. The van der Waals surface area contributed by atoms with Crippen LogP contribution in [0, 0.1) is 6.92 Å². The smallest absolute Gasteiger partial charge is 0.247 e. The molecule has 4 nitrogen and oxygen atoms in total. The van der Waals surface area contributed by atoms with Crippen LogP contribution in [0.4, 0.5) is 0 Å². The maximum Gasteiger partial charge on any atom is 0.247 e. The average molecular weight is 277 g/mol. The van der Waals surface area contributed by atoms with Crippen molar-refractivity contribution in [3.63, 3.8) is 0 Å². The van der Waals surface area contributed by atoms with Crippen LogP contribution in [0.15, 0.2) is 28.7 Å². The van der Waals surface area contributed by atoms with Crippen LogP contribution in [0.2, 0.25) is 0 Å². The Bertz CT molecular complexity index is 508. The third-order valence-electron chi connectivity index (χ3n) is 2.71. The molecule has 0 aliphatic heterocycles. The van der Waals surface area contributed by atoms with Crippen LogP contribution in [0.5, 0.6) is 0 Å². The second-order valence-electron chi connectivity index (χ2n) is 4.69. The van der Waals surface area contributed by atoms with Gasteiger partial charge in [0.2, 0.25) is 11.8 Å². The molecule has 0 aliphatic carbocycles. The maximum atomic E-state index is 5.70. The summed E-state index contributed by atoms with van der Waals surface area (Å²) in [5.74, 6) is 3.01. The van der Waals surface area contributed by atoms with Gasteiger partial charge < -0.3 is 10.2 Å². The molecule has 2 N–H and O–H groups in total. The van der Waals surface area contributed by atoms with E-state index < -0.39 is 0 Å². The quantitative estimate of drug-likeness (QED) is 0.822. The third kappa shape index (κ3) is 4.36. The van der Waals surface area contributed by atoms with Gasteiger partial charge in [0.1, 0.15) is 0 Å². The predicted octanol–water partition coefficient (Wildman–Crippen LogP) is 3.02. The van der Waals surface area contributed by atoms with Crippen molar-refractivity contribution in [3.8, 4) is 11.5 Å². The van der Waals surface area contributed by atoms with Crippen LogP contribution in [0.25, 0.3) is 11.5 Å². The van der Waals surface area contributed by atoms with Crippen LogP contribution in [-0.4, -0.2) is 22.0 Å². The van der Waals surface area contributed by atoms with Crippen LogP contribution in [0.3, 0.4) is 0 Å². The van der Waals surface area contributed by atoms with Gasteiger partial charge in [-0.3, -0.25) is 0 Å². The highest BCUT2D eigenvalue weighted by atomic mass is 32.2. The molecule has 2 aromatic rings. The molecule has 19 heavy (non-hydrogen) atoms. The second-order valence-corrected chi connectivity index (χ2v) is 5.79. The molecule has 0 saturated carbocycles. The molecule has 102 valence electrons. The first kappa shape index (κ1) is 14.1. The first-order valence-electron chi connectivity index (χ1n) is 6.38. The minimum Gasteiger partial charge on any atom is -0.420 e. The molecule has 1 unspecified atom stereocenters. The first-order chi connectivity index (χ1) is 9.15. The monoisotopic (exact) mass is 277 g/mol. The van der Waals surface area contributed by atoms with Crippen LogP contribution < -0.4 is 5.73 Å². The zero-order chi connectivity index (χ0) is 13.7. The average Bonchev–Trinajstić information content (AvgIpc) is 2.84. The molecule has 1 aromatic heterocycles. The number of nitrogens with two attached hydrogens (primary N) is 1. The van der Waals surface area contributed by atoms with Gasteiger partial charge in [-0.1, -0.05) is 17.7 Å². The Kier molecular flexibility index (Phi) is 4.99. The molecule has 0 spiro atoms. The topological polar surface area (TPSA) is 64.9 Å². The van der Waals surface area contributed by atoms with E-state index in [9.17, 15) is 0 Å². The summed E-state index contributed by atoms with van der Waals surface area (Å²) in [6, 6.07) is 8.32. The fourth-order valence-corrected chi connectivity index (χ4v) is 2.53. The van der Waals surface area contributed by atoms with E-state index in [-0.39, 0.29) is 6.04 Å². The lowest BCUT2D eigenvalue weighted by molar-refractivity contribution is 0.528. The Balaban J connectivity index is 1.90. The summed E-state index contributed by atoms with van der Waals surface area (Å²) in [6.45, 7) is 4.07. The van der Waals surface area contributed by atoms with Gasteiger partial charge in [-0.25, -0.2) is 0 Å². The Morgan fingerprint density at radius 2 is 2.00 bits per heavy atom. The number of hydrogen-bond donors (Lipinski definition) is 1. The summed E-state index contributed by atoms with van der Waals surface area (Å²) < 4.78 is 5.64. The zero-order valence-electron chi connectivity index (χ0n) is 11.3. The van der Waals surface area contributed by atoms with E-state index in [0.29, 0.717) is 11.8 Å². The molecule has 0 radical (unpaired) electrons. The largest absolute Gasteiger partial charge is 0.420 e. The van der Waals surface area contributed by atoms with E-state index in [2.05, 4.69) is 17.1 Å². The van der Waals surface area contributed by atoms with Crippen LogP contribution in [0.1, 0.15) is 24.8 Å². The van der Waals surface area contributed by atoms with E-state index >= 15 is 0 Å². The van der Waals surface area contributed by atoms with Crippen molar-refractivity contribution >= 4 is 11.8 Å². The Morgan fingerprint density at radius 1 is 1.26 bits per heavy atom. The third-order valence-corrected chi connectivity index (χ3v) is 3.68. The summed E-state index contributed by atoms with van der Waals surface area (Å²) in [5, 5.41) is 8.14. The number of rotatable bonds is 6. The normalized spacial score (nSPS) is 12.6. The van der Waals surface area contributed by atoms with E-state index in [0.717, 1.165) is 23.5 Å². The molecular weight excluding hydrogens is 258 g/mol. The molecule has 2 rings (SSSR count). The standard InChI is InChI=1S/C14H19N3OS/c1-10-3-5-12(6-4-10)14-17-16-13(18-14)9-19-8-7-11(2)15/h3-6,11H,7-9,15H2,1-2H3. The Hall–Kier alpha value is -1.33. The van der Waals surface area contributed by atoms with Crippen molar-refractivity contribution in [1.82, 2.24) is 10.2 Å². The summed E-state index contributed by atoms with van der Waals surface area (Å²) in [6.07, 6.45) is 1.00. The fraction of sp³-hybridized carbons (Fsp3) is 0.429. The number of aromatic nitrogens is 2. The summed E-state index contributed by atoms with van der Waals surface area (Å²) in [5.41, 5.74) is 7.88. The fourth-order valence-electron chi connectivity index (χ4n) is 1.55. The van der Waals surface area contributed by atoms with Crippen molar-refractivity contribution in [2.45, 2.75) is 32.1 Å². The molecule has 1 aromatic carbocycles. The van der Waals surface area contributed by atoms with Crippen molar-refractivity contribution in [1.29, 1.82) is 0 Å². The molecule has 0 fully saturated rings. The molecule has 0 saturated heterocycles. The molecule has 0 aliphatic rings. The lowest BCUT2D eigenvalue weighted by Gasteiger charge is -2.02. The highest BCUT2D eigenvalue weighted by molar-refractivity contribution is 7.98. The SMILES string of the molecule is Cc1ccc(-c2nnc(CSCCC(C)N)o2)cc1. The van der Waals surface area contributed by atoms with E-state index in [1.165, 1.54) is 5.56 Å². The lowest BCUT2D eigenvalue weighted by Crippen LogP contribution is -2.15. The summed E-state index contributed by atoms with van der Waals surface area (Å²) in [4.78, 5) is 0. The van der Waals surface area contributed by atoms with E-state index in [1.807, 2.05) is 31.2 Å². The van der Waals surface area contributed by atoms with E-state index in [4.69, 9.17) is 10.2 Å². The van der Waals surface area contributed by atoms with Gasteiger partial charge in [-0.05, 0) is 38.2 Å². The minimum absolute atomic E-state index is 0.248. The van der Waals surface area contributed by atoms with Crippen molar-refractivity contribution < 1.29 is 4.42 Å². The van der Waals surface area contributed by atoms with Gasteiger partial charge in [0.25, 0.3) is 0 Å². The highest BCUT2D eigenvalue weighted by Crippen LogP contribution is 2.20. The molecule has 0 bridgehead atoms. The van der Waals surface area contributed by atoms with Crippen molar-refractivity contribution in [2.24, 2.45) is 5.73 Å². The van der Waals surface area contributed by atoms with Gasteiger partial charge in [-0.15, -0.1) is 10.2 Å². The van der Waals surface area contributed by atoms with Crippen LogP contribution in [-0.2, 0) is 5.75 Å². The van der Waals surface area contributed by atoms with Crippen LogP contribution >= 0.6 is 11.8 Å². The minimum atomic E-state index is 0.248. The van der Waals surface area contributed by atoms with Gasteiger partial charge in [-0.2, -0.15) is 11.8 Å².